The molecule has 182 valence electrons. The van der Waals surface area contributed by atoms with E-state index in [1.807, 2.05) is 57.2 Å². The molecule has 34 heavy (non-hydrogen) atoms. The van der Waals surface area contributed by atoms with Crippen LogP contribution >= 0.6 is 0 Å². The Morgan fingerprint density at radius 3 is 1.97 bits per heavy atom. The summed E-state index contributed by atoms with van der Waals surface area (Å²) in [6.07, 6.45) is -0.306. The summed E-state index contributed by atoms with van der Waals surface area (Å²) >= 11 is 0. The Bertz CT molecular complexity index is 1030. The third-order valence-corrected chi connectivity index (χ3v) is 6.05. The summed E-state index contributed by atoms with van der Waals surface area (Å²) in [5.74, 6) is -1.52. The topological polar surface area (TPSA) is 105 Å². The molecule has 1 aliphatic rings. The molecule has 0 heterocycles. The second-order valence-electron chi connectivity index (χ2n) is 10.7. The van der Waals surface area contributed by atoms with Crippen LogP contribution < -0.4 is 10.6 Å². The van der Waals surface area contributed by atoms with Crippen LogP contribution in [0.3, 0.4) is 0 Å². The van der Waals surface area contributed by atoms with Crippen molar-refractivity contribution >= 4 is 18.0 Å². The lowest BCUT2D eigenvalue weighted by Crippen LogP contribution is -2.51. The number of alkyl carbamates (subject to hydrolysis) is 1. The Kier molecular flexibility index (Phi) is 7.34. The molecule has 3 rings (SSSR count). The predicted molar refractivity (Wildman–Crippen MR) is 130 cm³/mol. The zero-order valence-corrected chi connectivity index (χ0v) is 20.5. The average Bonchev–Trinajstić information content (AvgIpc) is 3.08. The van der Waals surface area contributed by atoms with Gasteiger partial charge in [-0.1, -0.05) is 69.3 Å². The lowest BCUT2D eigenvalue weighted by atomic mass is 9.87. The van der Waals surface area contributed by atoms with E-state index in [4.69, 9.17) is 4.74 Å². The summed E-state index contributed by atoms with van der Waals surface area (Å²) in [4.78, 5) is 36.9. The number of aliphatic carboxylic acids is 1. The van der Waals surface area contributed by atoms with Crippen molar-refractivity contribution in [2.24, 2.45) is 10.8 Å². The van der Waals surface area contributed by atoms with Gasteiger partial charge in [0.1, 0.15) is 12.6 Å². The Morgan fingerprint density at radius 2 is 1.47 bits per heavy atom. The van der Waals surface area contributed by atoms with E-state index in [0.29, 0.717) is 6.42 Å². The lowest BCUT2D eigenvalue weighted by molar-refractivity contribution is -0.146. The average molecular weight is 467 g/mol. The molecular weight excluding hydrogens is 432 g/mol. The molecule has 0 radical (unpaired) electrons. The van der Waals surface area contributed by atoms with Gasteiger partial charge in [0.25, 0.3) is 0 Å². The number of carboxylic acids is 1. The number of hydrogen-bond acceptors (Lipinski definition) is 4. The van der Waals surface area contributed by atoms with Crippen molar-refractivity contribution in [1.82, 2.24) is 10.6 Å². The molecule has 1 aliphatic carbocycles. The van der Waals surface area contributed by atoms with E-state index < -0.39 is 29.4 Å². The first-order valence-electron chi connectivity index (χ1n) is 11.5. The van der Waals surface area contributed by atoms with Crippen molar-refractivity contribution in [1.29, 1.82) is 0 Å². The molecular formula is C27H34N2O5. The monoisotopic (exact) mass is 466 g/mol. The summed E-state index contributed by atoms with van der Waals surface area (Å²) in [7, 11) is 0. The standard InChI is InChI=1S/C27H34N2O5/c1-26(2,3)14-22(23(30)28-16-27(4,5)24(31)32)29-25(33)34-15-21-19-12-8-6-10-17(19)18-11-7-9-13-20(18)21/h6-13,21-22H,14-16H2,1-5H3,(H,28,30)(H,29,33)(H,31,32). The van der Waals surface area contributed by atoms with Gasteiger partial charge in [-0.05, 0) is 47.9 Å². The van der Waals surface area contributed by atoms with E-state index in [0.717, 1.165) is 22.3 Å². The second-order valence-corrected chi connectivity index (χ2v) is 10.7. The summed E-state index contributed by atoms with van der Waals surface area (Å²) in [5, 5.41) is 14.7. The van der Waals surface area contributed by atoms with Gasteiger partial charge in [0, 0.05) is 12.5 Å². The van der Waals surface area contributed by atoms with Crippen LogP contribution in [0.1, 0.15) is 58.1 Å². The summed E-state index contributed by atoms with van der Waals surface area (Å²) in [6, 6.07) is 15.3. The van der Waals surface area contributed by atoms with E-state index in [9.17, 15) is 19.5 Å². The molecule has 1 atom stereocenters. The number of rotatable bonds is 8. The van der Waals surface area contributed by atoms with Crippen LogP contribution in [-0.2, 0) is 14.3 Å². The van der Waals surface area contributed by atoms with Gasteiger partial charge in [-0.25, -0.2) is 4.79 Å². The maximum absolute atomic E-state index is 12.8. The highest BCUT2D eigenvalue weighted by Gasteiger charge is 2.33. The van der Waals surface area contributed by atoms with E-state index in [-0.39, 0.29) is 24.5 Å². The van der Waals surface area contributed by atoms with Crippen LogP contribution in [0, 0.1) is 10.8 Å². The van der Waals surface area contributed by atoms with Crippen molar-refractivity contribution in [3.8, 4) is 11.1 Å². The fraction of sp³-hybridized carbons (Fsp3) is 0.444. The van der Waals surface area contributed by atoms with Crippen molar-refractivity contribution in [2.45, 2.75) is 53.0 Å². The Labute approximate surface area is 200 Å². The van der Waals surface area contributed by atoms with E-state index in [1.165, 1.54) is 13.8 Å². The molecule has 0 fully saturated rings. The van der Waals surface area contributed by atoms with Crippen LogP contribution in [-0.4, -0.2) is 42.3 Å². The molecule has 0 saturated heterocycles. The molecule has 7 heteroatoms. The normalized spacial score (nSPS) is 14.0. The van der Waals surface area contributed by atoms with Gasteiger partial charge in [0.2, 0.25) is 5.91 Å². The number of ether oxygens (including phenoxy) is 1. The molecule has 2 aromatic rings. The Balaban J connectivity index is 1.67. The first-order chi connectivity index (χ1) is 15.9. The van der Waals surface area contributed by atoms with Crippen molar-refractivity contribution < 1.29 is 24.2 Å². The van der Waals surface area contributed by atoms with Crippen molar-refractivity contribution in [2.75, 3.05) is 13.2 Å². The van der Waals surface area contributed by atoms with E-state index >= 15 is 0 Å². The molecule has 0 aliphatic heterocycles. The molecule has 3 N–H and O–H groups in total. The number of benzene rings is 2. The molecule has 0 spiro atoms. The van der Waals surface area contributed by atoms with Crippen LogP contribution in [0.25, 0.3) is 11.1 Å². The molecule has 7 nitrogen and oxygen atoms in total. The van der Waals surface area contributed by atoms with Crippen LogP contribution in [0.4, 0.5) is 4.79 Å². The SMILES string of the molecule is CC(C)(C)CC(NC(=O)OCC1c2ccccc2-c2ccccc21)C(=O)NCC(C)(C)C(=O)O. The minimum atomic E-state index is -1.12. The Morgan fingerprint density at radius 1 is 0.941 bits per heavy atom. The number of carboxylic acid groups (broad SMARTS) is 1. The van der Waals surface area contributed by atoms with Crippen molar-refractivity contribution in [3.05, 3.63) is 59.7 Å². The second kappa shape index (κ2) is 9.87. The van der Waals surface area contributed by atoms with E-state index in [1.54, 1.807) is 0 Å². The summed E-state index contributed by atoms with van der Waals surface area (Å²) < 4.78 is 5.59. The fourth-order valence-corrected chi connectivity index (χ4v) is 4.11. The fourth-order valence-electron chi connectivity index (χ4n) is 4.11. The highest BCUT2D eigenvalue weighted by atomic mass is 16.5. The number of carbonyl (C=O) groups is 3. The van der Waals surface area contributed by atoms with Crippen molar-refractivity contribution in [3.63, 3.8) is 0 Å². The molecule has 2 aromatic carbocycles. The van der Waals surface area contributed by atoms with Crippen LogP contribution in [0.2, 0.25) is 0 Å². The highest BCUT2D eigenvalue weighted by Crippen LogP contribution is 2.44. The molecule has 0 aromatic heterocycles. The van der Waals surface area contributed by atoms with E-state index in [2.05, 4.69) is 22.8 Å². The van der Waals surface area contributed by atoms with Gasteiger partial charge >= 0.3 is 12.1 Å². The minimum Gasteiger partial charge on any atom is -0.481 e. The number of fused-ring (bicyclic) bond motifs is 3. The number of hydrogen-bond donors (Lipinski definition) is 3. The van der Waals surface area contributed by atoms with Gasteiger partial charge in [-0.15, -0.1) is 0 Å². The van der Waals surface area contributed by atoms with Gasteiger partial charge in [0.15, 0.2) is 0 Å². The lowest BCUT2D eigenvalue weighted by Gasteiger charge is -2.27. The predicted octanol–water partition coefficient (Wildman–Crippen LogP) is 4.56. The number of nitrogens with one attached hydrogen (secondary N) is 2. The summed E-state index contributed by atoms with van der Waals surface area (Å²) in [6.45, 7) is 9.07. The first-order valence-corrected chi connectivity index (χ1v) is 11.5. The Hall–Kier alpha value is -3.35. The van der Waals surface area contributed by atoms with Crippen LogP contribution in [0.5, 0.6) is 0 Å². The molecule has 0 bridgehead atoms. The van der Waals surface area contributed by atoms with Gasteiger partial charge < -0.3 is 20.5 Å². The zero-order valence-electron chi connectivity index (χ0n) is 20.5. The number of amides is 2. The largest absolute Gasteiger partial charge is 0.481 e. The smallest absolute Gasteiger partial charge is 0.407 e. The minimum absolute atomic E-state index is 0.0474. The van der Waals surface area contributed by atoms with Gasteiger partial charge in [0.05, 0.1) is 5.41 Å². The van der Waals surface area contributed by atoms with Crippen LogP contribution in [0.15, 0.2) is 48.5 Å². The quantitative estimate of drug-likeness (QED) is 0.529. The third-order valence-electron chi connectivity index (χ3n) is 6.05. The molecule has 1 unspecified atom stereocenters. The summed E-state index contributed by atoms with van der Waals surface area (Å²) in [5.41, 5.74) is 3.12. The van der Waals surface area contributed by atoms with Gasteiger partial charge in [-0.2, -0.15) is 0 Å². The number of carbonyl (C=O) groups excluding carboxylic acids is 2. The maximum Gasteiger partial charge on any atom is 0.407 e. The molecule has 0 saturated carbocycles. The highest BCUT2D eigenvalue weighted by molar-refractivity contribution is 5.86. The molecule has 2 amide bonds. The maximum atomic E-state index is 12.8. The third kappa shape index (κ3) is 5.95. The van der Waals surface area contributed by atoms with Gasteiger partial charge in [-0.3, -0.25) is 9.59 Å². The first kappa shape index (κ1) is 25.3. The zero-order chi connectivity index (χ0) is 25.1.